The van der Waals surface area contributed by atoms with Crippen LogP contribution in [0.4, 0.5) is 5.69 Å². The van der Waals surface area contributed by atoms with E-state index in [0.717, 1.165) is 35.0 Å². The van der Waals surface area contributed by atoms with Gasteiger partial charge in [0.25, 0.3) is 0 Å². The van der Waals surface area contributed by atoms with Gasteiger partial charge in [-0.15, -0.1) is 11.8 Å². The maximum absolute atomic E-state index is 13.5. The van der Waals surface area contributed by atoms with Crippen molar-refractivity contribution in [3.8, 4) is 0 Å². The van der Waals surface area contributed by atoms with Crippen molar-refractivity contribution in [2.45, 2.75) is 49.3 Å². The fraction of sp³-hybridized carbons (Fsp3) is 0.556. The Bertz CT molecular complexity index is 1300. The van der Waals surface area contributed by atoms with E-state index in [-0.39, 0.29) is 76.8 Å². The first-order valence-electron chi connectivity index (χ1n) is 13.2. The summed E-state index contributed by atoms with van der Waals surface area (Å²) in [6.45, 7) is 6.31. The number of aromatic nitrogens is 1. The minimum Gasteiger partial charge on any atom is -0.481 e. The van der Waals surface area contributed by atoms with E-state index in [1.165, 1.54) is 21.9 Å². The monoisotopic (exact) mass is 541 g/mol. The zero-order chi connectivity index (χ0) is 26.0. The number of anilines is 1. The van der Waals surface area contributed by atoms with E-state index < -0.39 is 5.97 Å². The highest BCUT2D eigenvalue weighted by Crippen LogP contribution is 2.68. The Morgan fingerprint density at radius 3 is 2.41 bits per heavy atom. The van der Waals surface area contributed by atoms with Gasteiger partial charge in [0.05, 0.1) is 16.9 Å². The third kappa shape index (κ3) is 3.78. The molecule has 7 atom stereocenters. The number of carbonyl (C=O) groups excluding carboxylic acids is 2. The number of fused-ring (bicyclic) bond motifs is 9. The Morgan fingerprint density at radius 2 is 1.76 bits per heavy atom. The number of carboxylic acid groups (broad SMARTS) is 1. The van der Waals surface area contributed by atoms with Crippen LogP contribution in [-0.2, 0) is 14.4 Å². The first kappa shape index (κ1) is 24.7. The van der Waals surface area contributed by atoms with E-state index in [4.69, 9.17) is 5.11 Å². The van der Waals surface area contributed by atoms with Gasteiger partial charge in [-0.2, -0.15) is 0 Å². The second kappa shape index (κ2) is 9.31. The van der Waals surface area contributed by atoms with Crippen LogP contribution in [0, 0.1) is 29.6 Å². The number of amides is 2. The fourth-order valence-electron chi connectivity index (χ4n) is 7.54. The number of hydrogen-bond donors (Lipinski definition) is 2. The van der Waals surface area contributed by atoms with Gasteiger partial charge in [0.15, 0.2) is 0 Å². The number of carbonyl (C=O) groups is 3. The maximum Gasteiger partial charge on any atom is 0.305 e. The maximum atomic E-state index is 13.5. The number of thiazole rings is 1. The van der Waals surface area contributed by atoms with Crippen molar-refractivity contribution in [1.29, 1.82) is 0 Å². The van der Waals surface area contributed by atoms with Crippen molar-refractivity contribution >= 4 is 46.6 Å². The Labute approximate surface area is 223 Å². The third-order valence-corrected chi connectivity index (χ3v) is 11.6. The molecule has 2 N–H and O–H groups in total. The summed E-state index contributed by atoms with van der Waals surface area (Å²) in [4.78, 5) is 58.0. The second-order valence-corrected chi connectivity index (χ2v) is 12.8. The molecule has 1 aromatic carbocycles. The Kier molecular flexibility index (Phi) is 6.22. The summed E-state index contributed by atoms with van der Waals surface area (Å²) >= 11 is 2.96. The molecule has 2 aliphatic carbocycles. The van der Waals surface area contributed by atoms with E-state index in [9.17, 15) is 19.2 Å². The van der Waals surface area contributed by atoms with Crippen LogP contribution in [-0.4, -0.2) is 57.7 Å². The number of nitrogens with zero attached hydrogens (tertiary/aromatic N) is 2. The molecule has 2 saturated carbocycles. The van der Waals surface area contributed by atoms with Crippen LogP contribution in [0.25, 0.3) is 0 Å². The first-order valence-corrected chi connectivity index (χ1v) is 14.8. The molecular weight excluding hydrogens is 510 g/mol. The van der Waals surface area contributed by atoms with Crippen LogP contribution in [0.5, 0.6) is 0 Å². The van der Waals surface area contributed by atoms with E-state index in [2.05, 4.69) is 48.0 Å². The van der Waals surface area contributed by atoms with Gasteiger partial charge in [0.1, 0.15) is 0 Å². The summed E-state index contributed by atoms with van der Waals surface area (Å²) < 4.78 is 0. The summed E-state index contributed by atoms with van der Waals surface area (Å²) in [5, 5.41) is 10.1. The van der Waals surface area contributed by atoms with E-state index in [1.807, 2.05) is 0 Å². The van der Waals surface area contributed by atoms with Gasteiger partial charge in [0, 0.05) is 47.8 Å². The summed E-state index contributed by atoms with van der Waals surface area (Å²) in [6.07, 6.45) is 1.08. The molecule has 8 nitrogen and oxygen atoms in total. The van der Waals surface area contributed by atoms with Crippen molar-refractivity contribution in [3.63, 3.8) is 0 Å². The SMILES string of the molecule is CCN(CC)c1ccc([C@H]2c3sc(=O)[nH]c3SC3C4CC(C5C(=O)N(CCCC(=O)O)C(=O)C45)C32)cc1. The van der Waals surface area contributed by atoms with Crippen molar-refractivity contribution in [2.24, 2.45) is 29.6 Å². The number of thioether (sulfide) groups is 1. The number of nitrogens with one attached hydrogen (secondary N) is 1. The standard InChI is InChI=1S/C27H31N3O5S2/c1-3-29(4-2)14-9-7-13(8-10-14)18-19-15-12-16(22(19)36-24-23(18)37-27(35)28-24)21-20(15)25(33)30(26(21)34)11-5-6-17(31)32/h7-10,15-16,18-22H,3-6,11-12H2,1-2H3,(H,28,35)(H,31,32)/t15?,16?,18-,19?,20?,21?,22?/m1/s1. The molecular formula is C27H31N3O5S2. The number of rotatable bonds is 8. The molecule has 0 spiro atoms. The highest BCUT2D eigenvalue weighted by atomic mass is 32.2. The van der Waals surface area contributed by atoms with Gasteiger partial charge in [0.2, 0.25) is 11.8 Å². The topological polar surface area (TPSA) is 111 Å². The van der Waals surface area contributed by atoms with Gasteiger partial charge in [-0.05, 0) is 62.1 Å². The molecule has 2 aliphatic heterocycles. The van der Waals surface area contributed by atoms with E-state index >= 15 is 0 Å². The number of benzene rings is 1. The lowest BCUT2D eigenvalue weighted by Crippen LogP contribution is -2.42. The van der Waals surface area contributed by atoms with Crippen molar-refractivity contribution in [3.05, 3.63) is 44.4 Å². The molecule has 3 fully saturated rings. The first-order chi connectivity index (χ1) is 17.8. The number of likely N-dealkylation sites (tertiary alicyclic amines) is 1. The Balaban J connectivity index is 1.35. The van der Waals surface area contributed by atoms with E-state index in [0.29, 0.717) is 0 Å². The average Bonchev–Trinajstić information content (AvgIpc) is 3.60. The second-order valence-electron chi connectivity index (χ2n) is 10.5. The lowest BCUT2D eigenvalue weighted by molar-refractivity contribution is -0.142. The predicted molar refractivity (Wildman–Crippen MR) is 142 cm³/mol. The van der Waals surface area contributed by atoms with Gasteiger partial charge in [-0.25, -0.2) is 0 Å². The molecule has 0 radical (unpaired) electrons. The van der Waals surface area contributed by atoms with Crippen molar-refractivity contribution in [2.75, 3.05) is 24.5 Å². The fourth-order valence-corrected chi connectivity index (χ4v) is 10.4. The van der Waals surface area contributed by atoms with Crippen molar-refractivity contribution in [1.82, 2.24) is 9.88 Å². The summed E-state index contributed by atoms with van der Waals surface area (Å²) in [6, 6.07) is 8.64. The predicted octanol–water partition coefficient (Wildman–Crippen LogP) is 3.62. The van der Waals surface area contributed by atoms with Gasteiger partial charge in [-0.3, -0.25) is 24.1 Å². The van der Waals surface area contributed by atoms with Gasteiger partial charge >= 0.3 is 10.8 Å². The van der Waals surface area contributed by atoms with Crippen LogP contribution >= 0.6 is 23.1 Å². The molecule has 6 unspecified atom stereocenters. The lowest BCUT2D eigenvalue weighted by atomic mass is 9.68. The van der Waals surface area contributed by atoms with Crippen LogP contribution in [0.2, 0.25) is 0 Å². The number of aliphatic carboxylic acids is 1. The molecule has 2 bridgehead atoms. The van der Waals surface area contributed by atoms with E-state index in [1.54, 1.807) is 11.8 Å². The normalized spacial score (nSPS) is 31.4. The molecule has 196 valence electrons. The zero-order valence-electron chi connectivity index (χ0n) is 20.9. The minimum absolute atomic E-state index is 0.0101. The van der Waals surface area contributed by atoms with Crippen LogP contribution in [0.15, 0.2) is 34.1 Å². The number of hydrogen-bond acceptors (Lipinski definition) is 7. The number of carboxylic acids is 1. The highest BCUT2D eigenvalue weighted by Gasteiger charge is 2.69. The third-order valence-electron chi connectivity index (χ3n) is 8.97. The number of H-pyrrole nitrogens is 1. The molecule has 2 aromatic rings. The molecule has 2 amide bonds. The molecule has 6 rings (SSSR count). The van der Waals surface area contributed by atoms with Crippen molar-refractivity contribution < 1.29 is 19.5 Å². The Morgan fingerprint density at radius 1 is 1.08 bits per heavy atom. The average molecular weight is 542 g/mol. The summed E-state index contributed by atoms with van der Waals surface area (Å²) in [7, 11) is 0. The summed E-state index contributed by atoms with van der Waals surface area (Å²) in [5.41, 5.74) is 2.32. The largest absolute Gasteiger partial charge is 0.481 e. The lowest BCUT2D eigenvalue weighted by Gasteiger charge is -2.43. The smallest absolute Gasteiger partial charge is 0.305 e. The summed E-state index contributed by atoms with van der Waals surface area (Å²) in [5.74, 6) is -1.49. The Hall–Kier alpha value is -2.59. The molecule has 4 aliphatic rings. The molecule has 3 heterocycles. The minimum atomic E-state index is -0.920. The quantitative estimate of drug-likeness (QED) is 0.491. The van der Waals surface area contributed by atoms with Gasteiger partial charge in [-0.1, -0.05) is 23.5 Å². The van der Waals surface area contributed by atoms with Crippen LogP contribution in [0.3, 0.4) is 0 Å². The number of imide groups is 1. The zero-order valence-corrected chi connectivity index (χ0v) is 22.5. The molecule has 10 heteroatoms. The number of aromatic amines is 1. The highest BCUT2D eigenvalue weighted by molar-refractivity contribution is 8.00. The molecule has 1 saturated heterocycles. The van der Waals surface area contributed by atoms with Crippen LogP contribution in [0.1, 0.15) is 49.5 Å². The molecule has 1 aromatic heterocycles. The van der Waals surface area contributed by atoms with Gasteiger partial charge < -0.3 is 15.0 Å². The van der Waals surface area contributed by atoms with Crippen LogP contribution < -0.4 is 9.77 Å². The molecule has 37 heavy (non-hydrogen) atoms.